The van der Waals surface area contributed by atoms with Gasteiger partial charge >= 0.3 is 0 Å². The van der Waals surface area contributed by atoms with E-state index < -0.39 is 0 Å². The molecule has 51 heavy (non-hydrogen) atoms. The topological polar surface area (TPSA) is 171 Å². The summed E-state index contributed by atoms with van der Waals surface area (Å²) in [6.45, 7) is 3.73. The average molecular weight is 714 g/mol. The Balaban J connectivity index is 1.73. The van der Waals surface area contributed by atoms with Gasteiger partial charge in [0.05, 0.1) is 53.8 Å². The summed E-state index contributed by atoms with van der Waals surface area (Å²) in [5.74, 6) is 3.32. The van der Waals surface area contributed by atoms with Crippen molar-refractivity contribution in [2.45, 2.75) is 25.5 Å². The quantitative estimate of drug-likeness (QED) is 0.201. The first-order chi connectivity index (χ1) is 24.8. The van der Waals surface area contributed by atoms with E-state index in [1.54, 1.807) is 52.4 Å². The highest BCUT2D eigenvalue weighted by atomic mass is 16.5. The van der Waals surface area contributed by atoms with Crippen LogP contribution in [0.15, 0.2) is 12.1 Å². The van der Waals surface area contributed by atoms with Crippen molar-refractivity contribution in [2.24, 2.45) is 0 Å². The summed E-state index contributed by atoms with van der Waals surface area (Å²) in [4.78, 5) is 42.9. The summed E-state index contributed by atoms with van der Waals surface area (Å²) < 4.78 is 28.2. The third-order valence-electron chi connectivity index (χ3n) is 9.33. The number of likely N-dealkylation sites (N-methyl/N-ethyl adjacent to an activating group) is 1. The number of amides is 1. The highest BCUT2D eigenvalue weighted by molar-refractivity contribution is 5.96. The van der Waals surface area contributed by atoms with Gasteiger partial charge in [-0.15, -0.1) is 0 Å². The maximum Gasteiger partial charge on any atom is 0.241 e. The van der Waals surface area contributed by atoms with E-state index in [-0.39, 0.29) is 44.9 Å². The molecule has 0 saturated carbocycles. The van der Waals surface area contributed by atoms with E-state index in [9.17, 15) is 15.0 Å². The highest BCUT2D eigenvalue weighted by Crippen LogP contribution is 2.41. The minimum absolute atomic E-state index is 0.0458. The van der Waals surface area contributed by atoms with E-state index in [1.165, 1.54) is 0 Å². The number of ether oxygens (including phenoxy) is 5. The number of carbonyl (C=O) groups excluding carboxylic acids is 1. The Bertz CT molecular complexity index is 1620. The Labute approximate surface area is 298 Å². The molecule has 1 amide bonds. The lowest BCUT2D eigenvalue weighted by molar-refractivity contribution is -0.129. The first kappa shape index (κ1) is 37.8. The normalized spacial score (nSPS) is 15.5. The first-order valence-electron chi connectivity index (χ1n) is 17.1. The molecule has 3 aromatic rings. The predicted molar refractivity (Wildman–Crippen MR) is 193 cm³/mol. The Morgan fingerprint density at radius 3 is 1.94 bits per heavy atom. The van der Waals surface area contributed by atoms with Crippen LogP contribution < -0.4 is 33.8 Å². The van der Waals surface area contributed by atoms with Crippen molar-refractivity contribution in [1.29, 1.82) is 0 Å². The van der Waals surface area contributed by atoms with Crippen LogP contribution in [0.4, 0.5) is 23.5 Å². The average Bonchev–Trinajstić information content (AvgIpc) is 3.16. The number of aliphatic hydroxyl groups is 2. The smallest absolute Gasteiger partial charge is 0.241 e. The van der Waals surface area contributed by atoms with E-state index in [0.29, 0.717) is 97.7 Å². The lowest BCUT2D eigenvalue weighted by Gasteiger charge is -2.35. The van der Waals surface area contributed by atoms with Crippen molar-refractivity contribution in [1.82, 2.24) is 24.8 Å². The molecule has 0 unspecified atom stereocenters. The molecule has 0 aliphatic carbocycles. The summed E-state index contributed by atoms with van der Waals surface area (Å²) in [5.41, 5.74) is 1.81. The van der Waals surface area contributed by atoms with Gasteiger partial charge in [0.15, 0.2) is 23.1 Å². The largest absolute Gasteiger partial charge is 0.493 e. The van der Waals surface area contributed by atoms with Crippen LogP contribution in [0.2, 0.25) is 0 Å². The minimum Gasteiger partial charge on any atom is -0.493 e. The molecular formula is C34H51N9O8. The van der Waals surface area contributed by atoms with E-state index in [2.05, 4.69) is 4.90 Å². The highest BCUT2D eigenvalue weighted by Gasteiger charge is 2.31. The molecular weight excluding hydrogens is 662 g/mol. The van der Waals surface area contributed by atoms with E-state index >= 15 is 0 Å². The molecule has 0 atom stereocenters. The maximum atomic E-state index is 13.0. The molecule has 0 bridgehead atoms. The third kappa shape index (κ3) is 8.38. The zero-order chi connectivity index (χ0) is 36.5. The second-order valence-corrected chi connectivity index (χ2v) is 12.4. The number of methoxy groups -OCH3 is 5. The van der Waals surface area contributed by atoms with Crippen molar-refractivity contribution >= 4 is 40.5 Å². The van der Waals surface area contributed by atoms with Crippen LogP contribution in [0.5, 0.6) is 17.2 Å². The zero-order valence-electron chi connectivity index (χ0n) is 30.5. The number of rotatable bonds is 17. The third-order valence-corrected chi connectivity index (χ3v) is 9.33. The second-order valence-electron chi connectivity index (χ2n) is 12.4. The summed E-state index contributed by atoms with van der Waals surface area (Å²) in [7, 11) is 9.89. The number of hydrogen-bond acceptors (Lipinski definition) is 16. The molecule has 2 saturated heterocycles. The maximum absolute atomic E-state index is 13.0. The number of carbonyl (C=O) groups is 1. The van der Waals surface area contributed by atoms with Crippen molar-refractivity contribution in [2.75, 3.05) is 134 Å². The fraction of sp³-hybridized carbons (Fsp3) is 0.618. The van der Waals surface area contributed by atoms with E-state index in [1.807, 2.05) is 21.9 Å². The predicted octanol–water partition coefficient (Wildman–Crippen LogP) is 0.783. The fourth-order valence-electron chi connectivity index (χ4n) is 6.43. The Kier molecular flexibility index (Phi) is 13.1. The molecule has 0 radical (unpaired) electrons. The number of piperazine rings is 1. The van der Waals surface area contributed by atoms with Gasteiger partial charge in [0, 0.05) is 79.2 Å². The van der Waals surface area contributed by atoms with E-state index in [4.69, 9.17) is 43.6 Å². The number of aromatic nitrogens is 4. The van der Waals surface area contributed by atoms with Crippen LogP contribution in [-0.2, 0) is 20.8 Å². The zero-order valence-corrected chi connectivity index (χ0v) is 30.5. The monoisotopic (exact) mass is 713 g/mol. The summed E-state index contributed by atoms with van der Waals surface area (Å²) in [6.07, 6.45) is 1.73. The summed E-state index contributed by atoms with van der Waals surface area (Å²) in [5, 5.41) is 19.8. The molecule has 5 rings (SSSR count). The second kappa shape index (κ2) is 17.7. The SMILES string of the molecule is COCCN(Cc1ccc(OC)c(OC)c1OC)c1nc(N2CCC(OC)CC2)c2nc(N(CCO)CCO)nc(N3CCN(C)C(=O)C3)c2n1. The summed E-state index contributed by atoms with van der Waals surface area (Å²) in [6, 6.07) is 3.76. The Morgan fingerprint density at radius 1 is 0.765 bits per heavy atom. The fourth-order valence-corrected chi connectivity index (χ4v) is 6.43. The van der Waals surface area contributed by atoms with Crippen molar-refractivity contribution in [3.8, 4) is 17.2 Å². The van der Waals surface area contributed by atoms with Gasteiger partial charge in [-0.2, -0.15) is 9.97 Å². The molecule has 2 aromatic heterocycles. The van der Waals surface area contributed by atoms with Crippen molar-refractivity contribution in [3.63, 3.8) is 0 Å². The van der Waals surface area contributed by atoms with Gasteiger partial charge in [0.25, 0.3) is 0 Å². The summed E-state index contributed by atoms with van der Waals surface area (Å²) >= 11 is 0. The van der Waals surface area contributed by atoms with Gasteiger partial charge in [-0.05, 0) is 25.0 Å². The lowest BCUT2D eigenvalue weighted by Crippen LogP contribution is -2.49. The van der Waals surface area contributed by atoms with Crippen LogP contribution >= 0.6 is 0 Å². The first-order valence-corrected chi connectivity index (χ1v) is 17.1. The van der Waals surface area contributed by atoms with Gasteiger partial charge in [0.1, 0.15) is 11.0 Å². The number of aliphatic hydroxyl groups excluding tert-OH is 2. The Hall–Kier alpha value is -4.45. The number of benzene rings is 1. The Morgan fingerprint density at radius 2 is 1.39 bits per heavy atom. The standard InChI is InChI=1S/C34H51N9O8/c1-39-13-14-42(22-26(39)46)32-28-27(35-33(38-32)41(15-18-44)16-19-45)31(40-11-9-24(48-3)10-12-40)37-34(36-28)43(17-20-47-2)21-23-7-8-25(49-4)30(51-6)29(23)50-5/h7-8,24,44-45H,9-22H2,1-6H3. The van der Waals surface area contributed by atoms with E-state index in [0.717, 1.165) is 18.4 Å². The molecule has 2 N–H and O–H groups in total. The number of piperidine rings is 1. The van der Waals surface area contributed by atoms with Gasteiger partial charge in [-0.25, -0.2) is 9.97 Å². The van der Waals surface area contributed by atoms with Crippen LogP contribution in [0.25, 0.3) is 11.0 Å². The van der Waals surface area contributed by atoms with Crippen LogP contribution in [-0.4, -0.2) is 162 Å². The molecule has 0 spiro atoms. The number of fused-ring (bicyclic) bond motifs is 1. The molecule has 17 heteroatoms. The molecule has 17 nitrogen and oxygen atoms in total. The van der Waals surface area contributed by atoms with Gasteiger partial charge in [-0.1, -0.05) is 0 Å². The lowest BCUT2D eigenvalue weighted by atomic mass is 10.1. The van der Waals surface area contributed by atoms with Crippen LogP contribution in [0.1, 0.15) is 18.4 Å². The molecule has 2 aliphatic heterocycles. The number of anilines is 4. The molecule has 2 fully saturated rings. The van der Waals surface area contributed by atoms with Crippen LogP contribution in [0.3, 0.4) is 0 Å². The van der Waals surface area contributed by atoms with Gasteiger partial charge in [-0.3, -0.25) is 4.79 Å². The minimum atomic E-state index is -0.162. The van der Waals surface area contributed by atoms with Gasteiger partial charge < -0.3 is 58.4 Å². The molecule has 280 valence electrons. The number of hydrogen-bond donors (Lipinski definition) is 2. The van der Waals surface area contributed by atoms with Gasteiger partial charge in [0.2, 0.25) is 23.6 Å². The molecule has 1 aromatic carbocycles. The number of nitrogens with zero attached hydrogens (tertiary/aromatic N) is 9. The van der Waals surface area contributed by atoms with Crippen molar-refractivity contribution < 1.29 is 38.7 Å². The van der Waals surface area contributed by atoms with Crippen LogP contribution in [0, 0.1) is 0 Å². The van der Waals surface area contributed by atoms with Crippen molar-refractivity contribution in [3.05, 3.63) is 17.7 Å². The molecule has 4 heterocycles. The molecule has 2 aliphatic rings.